The van der Waals surface area contributed by atoms with Gasteiger partial charge in [-0.25, -0.2) is 0 Å². The second kappa shape index (κ2) is 5.06. The molecule has 0 saturated heterocycles. The molecule has 0 bridgehead atoms. The van der Waals surface area contributed by atoms with Gasteiger partial charge in [0.05, 0.1) is 24.1 Å². The first-order chi connectivity index (χ1) is 7.08. The SMILES string of the molecule is COC(=O)Cc1cc(S)c(Cl)c(C#N)c1. The minimum atomic E-state index is -0.367. The van der Waals surface area contributed by atoms with E-state index in [4.69, 9.17) is 16.9 Å². The number of hydrogen-bond donors (Lipinski definition) is 1. The maximum Gasteiger partial charge on any atom is 0.309 e. The summed E-state index contributed by atoms with van der Waals surface area (Å²) in [6.45, 7) is 0. The fourth-order valence-corrected chi connectivity index (χ4v) is 1.53. The average Bonchev–Trinajstić information content (AvgIpc) is 2.22. The molecule has 15 heavy (non-hydrogen) atoms. The van der Waals surface area contributed by atoms with Gasteiger partial charge in [-0.2, -0.15) is 5.26 Å². The highest BCUT2D eigenvalue weighted by molar-refractivity contribution is 7.80. The number of methoxy groups -OCH3 is 1. The molecule has 0 unspecified atom stereocenters. The summed E-state index contributed by atoms with van der Waals surface area (Å²) in [7, 11) is 1.31. The Morgan fingerprint density at radius 3 is 2.87 bits per heavy atom. The van der Waals surface area contributed by atoms with Crippen LogP contribution in [0.5, 0.6) is 0 Å². The van der Waals surface area contributed by atoms with Gasteiger partial charge in [0.25, 0.3) is 0 Å². The van der Waals surface area contributed by atoms with Crippen molar-refractivity contribution in [2.24, 2.45) is 0 Å². The van der Waals surface area contributed by atoms with Crippen LogP contribution in [-0.4, -0.2) is 13.1 Å². The summed E-state index contributed by atoms with van der Waals surface area (Å²) in [6, 6.07) is 5.13. The smallest absolute Gasteiger partial charge is 0.309 e. The van der Waals surface area contributed by atoms with E-state index in [1.54, 1.807) is 12.1 Å². The predicted molar refractivity (Wildman–Crippen MR) is 59.1 cm³/mol. The number of halogens is 1. The molecule has 0 aliphatic heterocycles. The monoisotopic (exact) mass is 241 g/mol. The van der Waals surface area contributed by atoms with Gasteiger partial charge in [-0.3, -0.25) is 4.79 Å². The van der Waals surface area contributed by atoms with Gasteiger partial charge in [0.15, 0.2) is 0 Å². The lowest BCUT2D eigenvalue weighted by Crippen LogP contribution is -2.04. The standard InChI is InChI=1S/C10H8ClNO2S/c1-14-9(13)4-6-2-7(5-12)10(11)8(15)3-6/h2-3,15H,4H2,1H3. The van der Waals surface area contributed by atoms with Crippen LogP contribution in [0.25, 0.3) is 0 Å². The lowest BCUT2D eigenvalue weighted by atomic mass is 10.1. The van der Waals surface area contributed by atoms with Crippen molar-refractivity contribution < 1.29 is 9.53 Å². The number of carbonyl (C=O) groups excluding carboxylic acids is 1. The molecule has 0 radical (unpaired) electrons. The Hall–Kier alpha value is -1.18. The van der Waals surface area contributed by atoms with Crippen LogP contribution in [0.4, 0.5) is 0 Å². The Balaban J connectivity index is 3.07. The normalized spacial score (nSPS) is 9.47. The second-order valence-corrected chi connectivity index (χ2v) is 3.70. The molecule has 0 aliphatic rings. The van der Waals surface area contributed by atoms with E-state index in [1.807, 2.05) is 6.07 Å². The summed E-state index contributed by atoms with van der Waals surface area (Å²) >= 11 is 9.93. The summed E-state index contributed by atoms with van der Waals surface area (Å²) in [5, 5.41) is 9.07. The number of ether oxygens (including phenoxy) is 1. The number of rotatable bonds is 2. The highest BCUT2D eigenvalue weighted by Gasteiger charge is 2.09. The molecule has 0 saturated carbocycles. The van der Waals surface area contributed by atoms with Crippen LogP contribution in [0, 0.1) is 11.3 Å². The molecule has 0 aromatic heterocycles. The van der Waals surface area contributed by atoms with Crippen molar-refractivity contribution in [3.05, 3.63) is 28.3 Å². The van der Waals surface area contributed by atoms with Crippen LogP contribution in [0.15, 0.2) is 17.0 Å². The van der Waals surface area contributed by atoms with Gasteiger partial charge in [0, 0.05) is 4.90 Å². The van der Waals surface area contributed by atoms with Crippen LogP contribution in [0.1, 0.15) is 11.1 Å². The fourth-order valence-electron chi connectivity index (χ4n) is 1.09. The first kappa shape index (κ1) is 11.9. The third kappa shape index (κ3) is 2.88. The first-order valence-corrected chi connectivity index (χ1v) is 4.89. The number of benzene rings is 1. The van der Waals surface area contributed by atoms with E-state index < -0.39 is 0 Å². The second-order valence-electron chi connectivity index (χ2n) is 2.84. The van der Waals surface area contributed by atoms with E-state index in [1.165, 1.54) is 7.11 Å². The van der Waals surface area contributed by atoms with Crippen molar-refractivity contribution in [1.82, 2.24) is 0 Å². The van der Waals surface area contributed by atoms with Crippen molar-refractivity contribution in [2.45, 2.75) is 11.3 Å². The molecule has 78 valence electrons. The molecule has 0 atom stereocenters. The molecule has 1 aromatic carbocycles. The van der Waals surface area contributed by atoms with Gasteiger partial charge in [-0.1, -0.05) is 11.6 Å². The summed E-state index contributed by atoms with van der Waals surface area (Å²) < 4.78 is 4.52. The summed E-state index contributed by atoms with van der Waals surface area (Å²) in [6.07, 6.45) is 0.107. The summed E-state index contributed by atoms with van der Waals surface area (Å²) in [4.78, 5) is 11.5. The van der Waals surface area contributed by atoms with Gasteiger partial charge < -0.3 is 4.74 Å². The minimum absolute atomic E-state index is 0.107. The molecule has 0 amide bonds. The molecule has 1 rings (SSSR count). The number of carbonyl (C=O) groups is 1. The van der Waals surface area contributed by atoms with E-state index in [-0.39, 0.29) is 12.4 Å². The van der Waals surface area contributed by atoms with Crippen LogP contribution in [-0.2, 0) is 16.0 Å². The van der Waals surface area contributed by atoms with E-state index in [0.717, 1.165) is 0 Å². The van der Waals surface area contributed by atoms with Gasteiger partial charge >= 0.3 is 5.97 Å². The van der Waals surface area contributed by atoms with Crippen molar-refractivity contribution in [3.8, 4) is 6.07 Å². The van der Waals surface area contributed by atoms with E-state index in [0.29, 0.717) is 21.0 Å². The predicted octanol–water partition coefficient (Wildman–Crippen LogP) is 2.22. The van der Waals surface area contributed by atoms with Crippen LogP contribution < -0.4 is 0 Å². The van der Waals surface area contributed by atoms with Gasteiger partial charge in [0.2, 0.25) is 0 Å². The average molecular weight is 242 g/mol. The molecular formula is C10H8ClNO2S. The molecule has 3 nitrogen and oxygen atoms in total. The molecular weight excluding hydrogens is 234 g/mol. The first-order valence-electron chi connectivity index (χ1n) is 4.06. The van der Waals surface area contributed by atoms with Crippen LogP contribution in [0.2, 0.25) is 5.02 Å². The molecule has 0 heterocycles. The van der Waals surface area contributed by atoms with Crippen molar-refractivity contribution in [2.75, 3.05) is 7.11 Å². The quantitative estimate of drug-likeness (QED) is 0.638. The number of hydrogen-bond acceptors (Lipinski definition) is 4. The van der Waals surface area contributed by atoms with E-state index in [9.17, 15) is 4.79 Å². The topological polar surface area (TPSA) is 50.1 Å². The molecule has 5 heteroatoms. The number of nitriles is 1. The third-order valence-electron chi connectivity index (χ3n) is 1.81. The maximum atomic E-state index is 11.0. The molecule has 0 aliphatic carbocycles. The van der Waals surface area contributed by atoms with Crippen molar-refractivity contribution >= 4 is 30.2 Å². The lowest BCUT2D eigenvalue weighted by molar-refractivity contribution is -0.139. The van der Waals surface area contributed by atoms with Gasteiger partial charge in [-0.05, 0) is 17.7 Å². The van der Waals surface area contributed by atoms with Gasteiger partial charge in [-0.15, -0.1) is 12.6 Å². The Labute approximate surface area is 98.0 Å². The Morgan fingerprint density at radius 1 is 1.67 bits per heavy atom. The Morgan fingerprint density at radius 2 is 2.33 bits per heavy atom. The molecule has 0 fully saturated rings. The molecule has 0 N–H and O–H groups in total. The fraction of sp³-hybridized carbons (Fsp3) is 0.200. The van der Waals surface area contributed by atoms with Crippen molar-refractivity contribution in [1.29, 1.82) is 5.26 Å². The summed E-state index contributed by atoms with van der Waals surface area (Å²) in [5.74, 6) is -0.367. The zero-order valence-electron chi connectivity index (χ0n) is 7.95. The Bertz CT molecular complexity index is 440. The van der Waals surface area contributed by atoms with Crippen molar-refractivity contribution in [3.63, 3.8) is 0 Å². The van der Waals surface area contributed by atoms with Crippen LogP contribution >= 0.6 is 24.2 Å². The summed E-state index contributed by atoms with van der Waals surface area (Å²) in [5.41, 5.74) is 0.968. The zero-order chi connectivity index (χ0) is 11.4. The largest absolute Gasteiger partial charge is 0.469 e. The lowest BCUT2D eigenvalue weighted by Gasteiger charge is -2.04. The maximum absolute atomic E-state index is 11.0. The van der Waals surface area contributed by atoms with E-state index in [2.05, 4.69) is 17.4 Å². The number of esters is 1. The molecule has 0 spiro atoms. The molecule has 1 aromatic rings. The Kier molecular flexibility index (Phi) is 4.01. The van der Waals surface area contributed by atoms with E-state index >= 15 is 0 Å². The minimum Gasteiger partial charge on any atom is -0.469 e. The number of nitrogens with zero attached hydrogens (tertiary/aromatic N) is 1. The highest BCUT2D eigenvalue weighted by Crippen LogP contribution is 2.25. The highest BCUT2D eigenvalue weighted by atomic mass is 35.5. The van der Waals surface area contributed by atoms with Crippen LogP contribution in [0.3, 0.4) is 0 Å². The zero-order valence-corrected chi connectivity index (χ0v) is 9.60. The van der Waals surface area contributed by atoms with Gasteiger partial charge in [0.1, 0.15) is 6.07 Å². The third-order valence-corrected chi connectivity index (χ3v) is 2.70. The number of thiol groups is 1.